The Bertz CT molecular complexity index is 1770. The van der Waals surface area contributed by atoms with Gasteiger partial charge in [-0.2, -0.15) is 0 Å². The number of carbonyl (C=O) groups excluding carboxylic acids is 5. The third-order valence-electron chi connectivity index (χ3n) is 13.7. The zero-order chi connectivity index (χ0) is 46.0. The molecule has 1 N–H and O–H groups in total. The van der Waals surface area contributed by atoms with Crippen molar-refractivity contribution in [3.05, 3.63) is 34.9 Å². The van der Waals surface area contributed by atoms with Crippen LogP contribution in [0, 0.1) is 23.7 Å². The molecule has 5 rings (SSSR count). The number of esters is 1. The minimum atomic E-state index is -1.49. The van der Waals surface area contributed by atoms with Gasteiger partial charge in [-0.1, -0.05) is 58.4 Å². The van der Waals surface area contributed by atoms with Crippen LogP contribution in [0.4, 0.5) is 14.4 Å². The van der Waals surface area contributed by atoms with Gasteiger partial charge in [-0.05, 0) is 91.6 Å². The molecule has 15 atom stereocenters. The van der Waals surface area contributed by atoms with E-state index in [1.165, 1.54) is 7.11 Å². The second kappa shape index (κ2) is 20.1. The number of cyclic esters (lactones) is 2. The maximum atomic E-state index is 14.9. The molecule has 0 bridgehead atoms. The second-order valence-corrected chi connectivity index (χ2v) is 18.7. The first-order valence-corrected chi connectivity index (χ1v) is 22.4. The highest BCUT2D eigenvalue weighted by molar-refractivity contribution is 6.30. The quantitative estimate of drug-likeness (QED) is 0.206. The number of fused-ring (bicyclic) bond motifs is 1. The lowest BCUT2D eigenvalue weighted by atomic mass is 9.73. The summed E-state index contributed by atoms with van der Waals surface area (Å²) >= 11 is 6.14. The van der Waals surface area contributed by atoms with E-state index in [2.05, 4.69) is 0 Å². The predicted octanol–water partition coefficient (Wildman–Crippen LogP) is 6.25. The average molecular weight is 894 g/mol. The standard InChI is InChI=1S/C45H68ClN3O13/c1-13-33-45(10)37(48(43(55)62-45)20-19-30-15-17-31(46)18-16-30)27(6)34(50)24(3)22-44(9,56-12)38(61-40-35(51)32(47(11)14-2)21-25(4)57-40)28(7)36(29(8)39(52)59-33)60-42(54)49-23-26(5)58-41(49)53/h15-18,24-29,32-33,35-38,40,51H,13-14,19-23H2,1-12H3/t24-,25-,26?,27-,28+,29-,32+,33+,35-,36+,37-,38-,40+,44+,45-/m1/s1. The molecule has 62 heavy (non-hydrogen) atoms. The summed E-state index contributed by atoms with van der Waals surface area (Å²) in [5.41, 5.74) is -1.94. The van der Waals surface area contributed by atoms with Crippen molar-refractivity contribution < 1.29 is 62.2 Å². The molecule has 0 aliphatic carbocycles. The molecule has 4 fully saturated rings. The number of hydrogen-bond acceptors (Lipinski definition) is 14. The zero-order valence-electron chi connectivity index (χ0n) is 38.3. The Morgan fingerprint density at radius 2 is 1.63 bits per heavy atom. The number of ketones is 1. The number of carbonyl (C=O) groups is 5. The van der Waals surface area contributed by atoms with Gasteiger partial charge >= 0.3 is 24.2 Å². The number of halogens is 1. The molecule has 0 spiro atoms. The lowest BCUT2D eigenvalue weighted by molar-refractivity contribution is -0.301. The number of rotatable bonds is 10. The number of amides is 3. The van der Waals surface area contributed by atoms with Gasteiger partial charge in [0.2, 0.25) is 0 Å². The summed E-state index contributed by atoms with van der Waals surface area (Å²) in [5, 5.41) is 12.4. The highest BCUT2D eigenvalue weighted by Crippen LogP contribution is 2.44. The zero-order valence-corrected chi connectivity index (χ0v) is 39.1. The summed E-state index contributed by atoms with van der Waals surface area (Å²) in [4.78, 5) is 74.6. The first kappa shape index (κ1) is 49.5. The van der Waals surface area contributed by atoms with Crippen molar-refractivity contribution in [1.29, 1.82) is 0 Å². The molecule has 0 aromatic heterocycles. The van der Waals surface area contributed by atoms with Crippen molar-refractivity contribution >= 4 is 41.6 Å². The average Bonchev–Trinajstić information content (AvgIpc) is 3.72. The van der Waals surface area contributed by atoms with Crippen molar-refractivity contribution in [3.8, 4) is 0 Å². The molecule has 348 valence electrons. The molecular formula is C45H68ClN3O13. The van der Waals surface area contributed by atoms with Crippen molar-refractivity contribution in [2.75, 3.05) is 33.8 Å². The van der Waals surface area contributed by atoms with E-state index >= 15 is 0 Å². The number of ether oxygens (including phenoxy) is 7. The van der Waals surface area contributed by atoms with Crippen LogP contribution in [0.3, 0.4) is 0 Å². The van der Waals surface area contributed by atoms with E-state index in [4.69, 9.17) is 44.8 Å². The smallest absolute Gasteiger partial charge is 0.419 e. The summed E-state index contributed by atoms with van der Waals surface area (Å²) in [6.07, 6.45) is -8.10. The molecule has 1 aromatic rings. The van der Waals surface area contributed by atoms with E-state index in [-0.39, 0.29) is 43.9 Å². The molecule has 17 heteroatoms. The number of aliphatic hydroxyl groups is 1. The molecule has 3 amide bonds. The van der Waals surface area contributed by atoms with Crippen LogP contribution >= 0.6 is 11.6 Å². The summed E-state index contributed by atoms with van der Waals surface area (Å²) in [6, 6.07) is 6.07. The number of likely N-dealkylation sites (N-methyl/N-ethyl adjacent to an activating group) is 1. The largest absolute Gasteiger partial charge is 0.458 e. The van der Waals surface area contributed by atoms with Crippen LogP contribution in [0.1, 0.15) is 94.1 Å². The molecule has 4 aliphatic heterocycles. The molecule has 16 nitrogen and oxygen atoms in total. The predicted molar refractivity (Wildman–Crippen MR) is 227 cm³/mol. The van der Waals surface area contributed by atoms with E-state index in [0.29, 0.717) is 24.4 Å². The molecular weight excluding hydrogens is 826 g/mol. The minimum absolute atomic E-state index is 0.0635. The number of aliphatic hydroxyl groups excluding tert-OH is 1. The SMILES string of the molecule is CC[C@@H]1OC(=O)[C@H](C)[C@@H](OC(=O)N2CC(C)OC2=O)[C@H](C)[C@@H](O[C@@H]2O[C@H](C)C[C@H](N(C)CC)[C@H]2O)[C@@](C)(OC)C[C@@H](C)C(=O)[C@@H](C)[C@H]2N(CCc3ccc(Cl)cc3)C(=O)O[C@]12C. The normalized spacial score (nSPS) is 38.6. The maximum absolute atomic E-state index is 14.9. The van der Waals surface area contributed by atoms with Crippen LogP contribution in [-0.2, 0) is 49.2 Å². The van der Waals surface area contributed by atoms with Gasteiger partial charge in [0.05, 0.1) is 36.3 Å². The Hall–Kier alpha value is -3.54. The summed E-state index contributed by atoms with van der Waals surface area (Å²) in [6.45, 7) is 18.4. The highest BCUT2D eigenvalue weighted by atomic mass is 35.5. The lowest BCUT2D eigenvalue weighted by Crippen LogP contribution is -2.61. The Labute approximate surface area is 371 Å². The van der Waals surface area contributed by atoms with Gasteiger partial charge in [-0.15, -0.1) is 0 Å². The van der Waals surface area contributed by atoms with E-state index in [0.717, 1.165) is 10.5 Å². The third-order valence-corrected chi connectivity index (χ3v) is 14.0. The summed E-state index contributed by atoms with van der Waals surface area (Å²) < 4.78 is 43.4. The van der Waals surface area contributed by atoms with Gasteiger partial charge in [0.25, 0.3) is 0 Å². The Morgan fingerprint density at radius 1 is 0.968 bits per heavy atom. The van der Waals surface area contributed by atoms with Gasteiger partial charge in [-0.3, -0.25) is 14.5 Å². The topological polar surface area (TPSA) is 180 Å². The fourth-order valence-corrected chi connectivity index (χ4v) is 10.2. The van der Waals surface area contributed by atoms with Crippen LogP contribution in [0.15, 0.2) is 24.3 Å². The molecule has 1 aromatic carbocycles. The fourth-order valence-electron chi connectivity index (χ4n) is 10.1. The van der Waals surface area contributed by atoms with Crippen LogP contribution < -0.4 is 0 Å². The molecule has 4 aliphatic rings. The number of methoxy groups -OCH3 is 1. The molecule has 0 radical (unpaired) electrons. The molecule has 4 heterocycles. The van der Waals surface area contributed by atoms with Crippen LogP contribution in [-0.4, -0.2) is 150 Å². The first-order chi connectivity index (χ1) is 29.1. The molecule has 0 saturated carbocycles. The first-order valence-electron chi connectivity index (χ1n) is 22.0. The van der Waals surface area contributed by atoms with Gasteiger partial charge < -0.3 is 43.2 Å². The van der Waals surface area contributed by atoms with Crippen LogP contribution in [0.5, 0.6) is 0 Å². The number of hydrogen-bond donors (Lipinski definition) is 1. The maximum Gasteiger partial charge on any atom is 0.419 e. The van der Waals surface area contributed by atoms with Crippen LogP contribution in [0.2, 0.25) is 5.02 Å². The Balaban J connectivity index is 1.62. The summed E-state index contributed by atoms with van der Waals surface area (Å²) in [7, 11) is 3.39. The van der Waals surface area contributed by atoms with Gasteiger partial charge in [-0.25, -0.2) is 19.3 Å². The van der Waals surface area contributed by atoms with Crippen molar-refractivity contribution in [1.82, 2.24) is 14.7 Å². The van der Waals surface area contributed by atoms with Crippen molar-refractivity contribution in [2.24, 2.45) is 23.7 Å². The van der Waals surface area contributed by atoms with Crippen molar-refractivity contribution in [2.45, 2.75) is 161 Å². The summed E-state index contributed by atoms with van der Waals surface area (Å²) in [5.74, 6) is -4.66. The monoisotopic (exact) mass is 893 g/mol. The number of Topliss-reactive ketones (excluding diaryl/α,β-unsaturated/α-hetero) is 1. The van der Waals surface area contributed by atoms with Crippen molar-refractivity contribution in [3.63, 3.8) is 0 Å². The van der Waals surface area contributed by atoms with Gasteiger partial charge in [0, 0.05) is 42.5 Å². The van der Waals surface area contributed by atoms with E-state index in [1.807, 2.05) is 37.9 Å². The fraction of sp³-hybridized carbons (Fsp3) is 0.756. The number of imide groups is 1. The number of benzene rings is 1. The minimum Gasteiger partial charge on any atom is -0.458 e. The highest BCUT2D eigenvalue weighted by Gasteiger charge is 2.60. The molecule has 1 unspecified atom stereocenters. The third kappa shape index (κ3) is 10.2. The van der Waals surface area contributed by atoms with E-state index in [9.17, 15) is 29.1 Å². The Kier molecular flexibility index (Phi) is 16.0. The van der Waals surface area contributed by atoms with E-state index < -0.39 is 102 Å². The van der Waals surface area contributed by atoms with Gasteiger partial charge in [0.1, 0.15) is 30.2 Å². The van der Waals surface area contributed by atoms with Gasteiger partial charge in [0.15, 0.2) is 11.9 Å². The Morgan fingerprint density at radius 3 is 2.21 bits per heavy atom. The second-order valence-electron chi connectivity index (χ2n) is 18.3. The van der Waals surface area contributed by atoms with Crippen LogP contribution in [0.25, 0.3) is 0 Å². The molecule has 4 saturated heterocycles. The number of nitrogens with zero attached hydrogens (tertiary/aromatic N) is 3. The van der Waals surface area contributed by atoms with E-state index in [1.54, 1.807) is 72.4 Å². The lowest BCUT2D eigenvalue weighted by Gasteiger charge is -2.48.